The van der Waals surface area contributed by atoms with Gasteiger partial charge in [0.15, 0.2) is 5.75 Å². The summed E-state index contributed by atoms with van der Waals surface area (Å²) in [5.41, 5.74) is 0.939. The number of halogens is 1. The van der Waals surface area contributed by atoms with E-state index in [0.717, 1.165) is 11.6 Å². The number of hydrogen-bond acceptors (Lipinski definition) is 3. The zero-order valence-electron chi connectivity index (χ0n) is 10.3. The molecule has 0 fully saturated rings. The van der Waals surface area contributed by atoms with Gasteiger partial charge in [0.25, 0.3) is 0 Å². The molecule has 0 atom stereocenters. The average Bonchev–Trinajstić information content (AvgIpc) is 2.41. The Hall–Kier alpha value is -2.43. The van der Waals surface area contributed by atoms with Crippen LogP contribution in [-0.4, -0.2) is 12.0 Å². The Bertz CT molecular complexity index is 599. The fraction of sp³-hybridized carbons (Fsp3) is 0.143. The van der Waals surface area contributed by atoms with Gasteiger partial charge in [0.1, 0.15) is 5.82 Å². The van der Waals surface area contributed by atoms with Crippen LogP contribution < -0.4 is 4.74 Å². The molecule has 0 amide bonds. The highest BCUT2D eigenvalue weighted by Gasteiger charge is 2.19. The molecule has 0 unspecified atom stereocenters. The lowest BCUT2D eigenvalue weighted by molar-refractivity contribution is -0.385. The maximum Gasteiger partial charge on any atom is 0.311 e. The maximum absolute atomic E-state index is 13.9. The molecule has 19 heavy (non-hydrogen) atoms. The van der Waals surface area contributed by atoms with Crippen molar-refractivity contribution in [2.45, 2.75) is 6.42 Å². The van der Waals surface area contributed by atoms with E-state index < -0.39 is 10.7 Å². The third-order valence-electron chi connectivity index (χ3n) is 2.78. The number of rotatable bonds is 4. The van der Waals surface area contributed by atoms with Gasteiger partial charge in [-0.3, -0.25) is 10.1 Å². The fourth-order valence-corrected chi connectivity index (χ4v) is 1.84. The molecule has 2 aromatic rings. The van der Waals surface area contributed by atoms with Crippen LogP contribution in [0.25, 0.3) is 0 Å². The van der Waals surface area contributed by atoms with E-state index in [1.54, 1.807) is 0 Å². The summed E-state index contributed by atoms with van der Waals surface area (Å²) in [4.78, 5) is 10.3. The van der Waals surface area contributed by atoms with Gasteiger partial charge >= 0.3 is 5.69 Å². The number of nitrogens with zero attached hydrogens (tertiary/aromatic N) is 1. The lowest BCUT2D eigenvalue weighted by Gasteiger charge is -2.07. The molecule has 98 valence electrons. The molecule has 0 radical (unpaired) electrons. The van der Waals surface area contributed by atoms with E-state index in [1.807, 2.05) is 30.3 Å². The van der Waals surface area contributed by atoms with Crippen LogP contribution in [0.2, 0.25) is 0 Å². The molecule has 5 heteroatoms. The van der Waals surface area contributed by atoms with Crippen molar-refractivity contribution >= 4 is 5.69 Å². The van der Waals surface area contributed by atoms with Crippen LogP contribution in [0.4, 0.5) is 10.1 Å². The van der Waals surface area contributed by atoms with E-state index in [1.165, 1.54) is 13.2 Å². The molecule has 0 aliphatic carbocycles. The van der Waals surface area contributed by atoms with Crippen molar-refractivity contribution in [1.82, 2.24) is 0 Å². The van der Waals surface area contributed by atoms with Crippen molar-refractivity contribution < 1.29 is 14.1 Å². The van der Waals surface area contributed by atoms with E-state index in [0.29, 0.717) is 6.42 Å². The number of benzene rings is 2. The van der Waals surface area contributed by atoms with Crippen LogP contribution >= 0.6 is 0 Å². The second-order valence-corrected chi connectivity index (χ2v) is 4.03. The minimum absolute atomic E-state index is 0.0701. The summed E-state index contributed by atoms with van der Waals surface area (Å²) in [7, 11) is 1.28. The van der Waals surface area contributed by atoms with Crippen molar-refractivity contribution in [2.75, 3.05) is 7.11 Å². The van der Waals surface area contributed by atoms with Gasteiger partial charge < -0.3 is 4.74 Å². The Labute approximate surface area is 109 Å². The van der Waals surface area contributed by atoms with Crippen LogP contribution in [0.5, 0.6) is 5.75 Å². The smallest absolute Gasteiger partial charge is 0.311 e. The Morgan fingerprint density at radius 2 is 1.95 bits per heavy atom. The number of hydrogen-bond donors (Lipinski definition) is 0. The van der Waals surface area contributed by atoms with Gasteiger partial charge in [0, 0.05) is 18.6 Å². The first-order valence-corrected chi connectivity index (χ1v) is 5.66. The van der Waals surface area contributed by atoms with Crippen molar-refractivity contribution in [3.05, 3.63) is 69.5 Å². The second-order valence-electron chi connectivity index (χ2n) is 4.03. The molecule has 0 N–H and O–H groups in total. The van der Waals surface area contributed by atoms with E-state index in [9.17, 15) is 14.5 Å². The normalized spacial score (nSPS) is 10.2. The van der Waals surface area contributed by atoms with E-state index in [4.69, 9.17) is 4.74 Å². The quantitative estimate of drug-likeness (QED) is 0.626. The number of nitro benzene ring substituents is 1. The van der Waals surface area contributed by atoms with Crippen LogP contribution in [-0.2, 0) is 6.42 Å². The third-order valence-corrected chi connectivity index (χ3v) is 2.78. The molecule has 0 saturated carbocycles. The lowest BCUT2D eigenvalue weighted by Crippen LogP contribution is -1.99. The Morgan fingerprint density at radius 1 is 1.26 bits per heavy atom. The molecule has 0 aliphatic rings. The second kappa shape index (κ2) is 5.48. The third kappa shape index (κ3) is 2.88. The van der Waals surface area contributed by atoms with Crippen molar-refractivity contribution in [1.29, 1.82) is 0 Å². The predicted molar refractivity (Wildman–Crippen MR) is 68.9 cm³/mol. The largest absolute Gasteiger partial charge is 0.490 e. The summed E-state index contributed by atoms with van der Waals surface area (Å²) in [5, 5.41) is 10.9. The summed E-state index contributed by atoms with van der Waals surface area (Å²) < 4.78 is 18.7. The van der Waals surface area contributed by atoms with Gasteiger partial charge in [-0.25, -0.2) is 4.39 Å². The molecular formula is C14H12FNO3. The first kappa shape index (κ1) is 13.0. The van der Waals surface area contributed by atoms with Crippen LogP contribution in [0.15, 0.2) is 42.5 Å². The number of ether oxygens (including phenoxy) is 1. The van der Waals surface area contributed by atoms with Gasteiger partial charge in [-0.05, 0) is 11.1 Å². The lowest BCUT2D eigenvalue weighted by atomic mass is 10.0. The van der Waals surface area contributed by atoms with Crippen molar-refractivity contribution in [3.63, 3.8) is 0 Å². The fourth-order valence-electron chi connectivity index (χ4n) is 1.84. The van der Waals surface area contributed by atoms with Crippen LogP contribution in [0.3, 0.4) is 0 Å². The number of methoxy groups -OCH3 is 1. The minimum Gasteiger partial charge on any atom is -0.490 e. The zero-order chi connectivity index (χ0) is 13.8. The van der Waals surface area contributed by atoms with Crippen LogP contribution in [0.1, 0.15) is 11.1 Å². The SMILES string of the molecule is COc1cc(F)c(Cc2ccccc2)cc1[N+](=O)[O-]. The van der Waals surface area contributed by atoms with Gasteiger partial charge in [0.05, 0.1) is 12.0 Å². The predicted octanol–water partition coefficient (Wildman–Crippen LogP) is 3.33. The average molecular weight is 261 g/mol. The van der Waals surface area contributed by atoms with Gasteiger partial charge in [-0.15, -0.1) is 0 Å². The highest BCUT2D eigenvalue weighted by atomic mass is 19.1. The first-order valence-electron chi connectivity index (χ1n) is 5.66. The highest BCUT2D eigenvalue weighted by molar-refractivity contribution is 5.50. The topological polar surface area (TPSA) is 52.4 Å². The van der Waals surface area contributed by atoms with Crippen molar-refractivity contribution in [3.8, 4) is 5.75 Å². The Kier molecular flexibility index (Phi) is 3.75. The highest BCUT2D eigenvalue weighted by Crippen LogP contribution is 2.30. The molecule has 2 rings (SSSR count). The standard InChI is InChI=1S/C14H12FNO3/c1-19-14-9-12(15)11(8-13(14)16(17)18)7-10-5-3-2-4-6-10/h2-6,8-9H,7H2,1H3. The summed E-state index contributed by atoms with van der Waals surface area (Å²) >= 11 is 0. The van der Waals surface area contributed by atoms with E-state index in [-0.39, 0.29) is 17.0 Å². The van der Waals surface area contributed by atoms with Gasteiger partial charge in [-0.2, -0.15) is 0 Å². The van der Waals surface area contributed by atoms with Crippen LogP contribution in [0, 0.1) is 15.9 Å². The minimum atomic E-state index is -0.577. The molecule has 0 aromatic heterocycles. The molecule has 0 bridgehead atoms. The molecule has 0 saturated heterocycles. The first-order chi connectivity index (χ1) is 9.11. The van der Waals surface area contributed by atoms with E-state index >= 15 is 0 Å². The molecule has 2 aromatic carbocycles. The molecule has 0 aliphatic heterocycles. The molecule has 4 nitrogen and oxygen atoms in total. The Balaban J connectivity index is 2.41. The monoisotopic (exact) mass is 261 g/mol. The number of nitro groups is 1. The summed E-state index contributed by atoms with van der Waals surface area (Å²) in [6, 6.07) is 11.5. The van der Waals surface area contributed by atoms with Gasteiger partial charge in [-0.1, -0.05) is 30.3 Å². The molecular weight excluding hydrogens is 249 g/mol. The summed E-state index contributed by atoms with van der Waals surface area (Å²) in [5.74, 6) is -0.578. The zero-order valence-corrected chi connectivity index (χ0v) is 10.3. The maximum atomic E-state index is 13.9. The van der Waals surface area contributed by atoms with E-state index in [2.05, 4.69) is 0 Å². The summed E-state index contributed by atoms with van der Waals surface area (Å²) in [6.45, 7) is 0. The summed E-state index contributed by atoms with van der Waals surface area (Å²) in [6.07, 6.45) is 0.303. The molecule has 0 spiro atoms. The Morgan fingerprint density at radius 3 is 2.53 bits per heavy atom. The van der Waals surface area contributed by atoms with Gasteiger partial charge in [0.2, 0.25) is 0 Å². The molecule has 0 heterocycles. The van der Waals surface area contributed by atoms with Crippen molar-refractivity contribution in [2.24, 2.45) is 0 Å².